The van der Waals surface area contributed by atoms with E-state index in [0.29, 0.717) is 18.3 Å². The largest absolute Gasteiger partial charge is 0.444 e. The second-order valence-corrected chi connectivity index (χ2v) is 10.2. The third-order valence-electron chi connectivity index (χ3n) is 4.64. The number of carbonyl (C=O) groups is 1. The van der Waals surface area contributed by atoms with Gasteiger partial charge in [0.1, 0.15) is 11.1 Å². The lowest BCUT2D eigenvalue weighted by Gasteiger charge is -2.26. The summed E-state index contributed by atoms with van der Waals surface area (Å²) in [7, 11) is 0. The number of nitrogens with one attached hydrogen (secondary N) is 1. The van der Waals surface area contributed by atoms with Crippen LogP contribution in [0.3, 0.4) is 0 Å². The summed E-state index contributed by atoms with van der Waals surface area (Å²) in [5.74, 6) is 0.926. The quantitative estimate of drug-likeness (QED) is 0.667. The van der Waals surface area contributed by atoms with Gasteiger partial charge in [0, 0.05) is 24.6 Å². The standard InChI is InChI=1S/C21H32N4O4S/c1-20(2,3)28-19(26)23-21(4,5)18-22-17(29-24-18)14-25(12-15-8-6-10-27-15)13-16-9-7-11-30-16/h7,9,11,15H,6,8,10,12-14H2,1-5H3,(H,23,26). The van der Waals surface area contributed by atoms with Crippen LogP contribution in [-0.2, 0) is 28.1 Å². The molecule has 2 aromatic heterocycles. The van der Waals surface area contributed by atoms with Gasteiger partial charge in [-0.25, -0.2) is 4.79 Å². The molecule has 0 bridgehead atoms. The van der Waals surface area contributed by atoms with Crippen LogP contribution in [0.4, 0.5) is 4.79 Å². The highest BCUT2D eigenvalue weighted by Crippen LogP contribution is 2.21. The second kappa shape index (κ2) is 9.45. The minimum Gasteiger partial charge on any atom is -0.444 e. The van der Waals surface area contributed by atoms with E-state index in [4.69, 9.17) is 14.0 Å². The molecule has 8 nitrogen and oxygen atoms in total. The number of nitrogens with zero attached hydrogens (tertiary/aromatic N) is 3. The van der Waals surface area contributed by atoms with Crippen LogP contribution in [-0.4, -0.2) is 46.0 Å². The van der Waals surface area contributed by atoms with Crippen LogP contribution >= 0.6 is 11.3 Å². The normalized spacial score (nSPS) is 17.5. The van der Waals surface area contributed by atoms with Crippen LogP contribution in [0.25, 0.3) is 0 Å². The predicted octanol–water partition coefficient (Wildman–Crippen LogP) is 4.07. The van der Waals surface area contributed by atoms with Crippen molar-refractivity contribution in [1.29, 1.82) is 0 Å². The first-order chi connectivity index (χ1) is 14.1. The molecule has 1 N–H and O–H groups in total. The number of aromatic nitrogens is 2. The minimum absolute atomic E-state index is 0.234. The fourth-order valence-corrected chi connectivity index (χ4v) is 4.01. The molecule has 0 aliphatic carbocycles. The maximum Gasteiger partial charge on any atom is 0.408 e. The fourth-order valence-electron chi connectivity index (χ4n) is 3.26. The Balaban J connectivity index is 1.65. The van der Waals surface area contributed by atoms with Crippen molar-refractivity contribution in [2.45, 2.75) is 77.8 Å². The molecule has 166 valence electrons. The number of thiophene rings is 1. The van der Waals surface area contributed by atoms with E-state index >= 15 is 0 Å². The third kappa shape index (κ3) is 6.78. The lowest BCUT2D eigenvalue weighted by molar-refractivity contribution is 0.0465. The molecule has 3 rings (SSSR count). The summed E-state index contributed by atoms with van der Waals surface area (Å²) in [5, 5.41) is 9.00. The summed E-state index contributed by atoms with van der Waals surface area (Å²) >= 11 is 1.73. The molecule has 9 heteroatoms. The van der Waals surface area contributed by atoms with Gasteiger partial charge in [0.05, 0.1) is 12.6 Å². The Labute approximate surface area is 181 Å². The summed E-state index contributed by atoms with van der Waals surface area (Å²) < 4.78 is 16.7. The summed E-state index contributed by atoms with van der Waals surface area (Å²) in [6, 6.07) is 4.18. The highest BCUT2D eigenvalue weighted by atomic mass is 32.1. The molecule has 1 aliphatic heterocycles. The zero-order valence-corrected chi connectivity index (χ0v) is 19.3. The van der Waals surface area contributed by atoms with Crippen molar-refractivity contribution in [3.63, 3.8) is 0 Å². The van der Waals surface area contributed by atoms with Crippen LogP contribution in [0.1, 0.15) is 64.1 Å². The Morgan fingerprint density at radius 2 is 2.13 bits per heavy atom. The Hall–Kier alpha value is -1.97. The molecule has 0 spiro atoms. The van der Waals surface area contributed by atoms with Gasteiger partial charge in [-0.05, 0) is 58.9 Å². The van der Waals surface area contributed by atoms with Gasteiger partial charge in [0.2, 0.25) is 5.89 Å². The van der Waals surface area contributed by atoms with Crippen LogP contribution in [0, 0.1) is 0 Å². The lowest BCUT2D eigenvalue weighted by Crippen LogP contribution is -2.44. The van der Waals surface area contributed by atoms with Crippen molar-refractivity contribution in [2.24, 2.45) is 0 Å². The average molecular weight is 437 g/mol. The van der Waals surface area contributed by atoms with Gasteiger partial charge in [-0.1, -0.05) is 11.2 Å². The predicted molar refractivity (Wildman–Crippen MR) is 114 cm³/mol. The van der Waals surface area contributed by atoms with Crippen molar-refractivity contribution in [3.8, 4) is 0 Å². The second-order valence-electron chi connectivity index (χ2n) is 9.15. The van der Waals surface area contributed by atoms with Gasteiger partial charge in [-0.2, -0.15) is 4.98 Å². The molecule has 3 heterocycles. The first kappa shape index (κ1) is 22.7. The van der Waals surface area contributed by atoms with Gasteiger partial charge in [0.15, 0.2) is 5.82 Å². The third-order valence-corrected chi connectivity index (χ3v) is 5.51. The maximum atomic E-state index is 12.2. The highest BCUT2D eigenvalue weighted by molar-refractivity contribution is 7.09. The number of alkyl carbamates (subject to hydrolysis) is 1. The molecule has 0 radical (unpaired) electrons. The van der Waals surface area contributed by atoms with E-state index in [0.717, 1.165) is 32.5 Å². The molecular weight excluding hydrogens is 404 g/mol. The summed E-state index contributed by atoms with van der Waals surface area (Å²) in [6.45, 7) is 12.1. The monoisotopic (exact) mass is 436 g/mol. The van der Waals surface area contributed by atoms with Crippen molar-refractivity contribution < 1.29 is 18.8 Å². The van der Waals surface area contributed by atoms with E-state index in [1.807, 2.05) is 34.6 Å². The Morgan fingerprint density at radius 1 is 1.33 bits per heavy atom. The SMILES string of the molecule is CC(C)(C)OC(=O)NC(C)(C)c1noc(CN(Cc2cccs2)CC2CCCO2)n1. The molecule has 1 aliphatic rings. The zero-order chi connectivity index (χ0) is 21.8. The van der Waals surface area contributed by atoms with Crippen molar-refractivity contribution in [3.05, 3.63) is 34.1 Å². The van der Waals surface area contributed by atoms with Crippen LogP contribution in [0.2, 0.25) is 0 Å². The van der Waals surface area contributed by atoms with Gasteiger partial charge >= 0.3 is 6.09 Å². The molecule has 1 saturated heterocycles. The highest BCUT2D eigenvalue weighted by Gasteiger charge is 2.31. The van der Waals surface area contributed by atoms with Gasteiger partial charge in [-0.15, -0.1) is 11.3 Å². The minimum atomic E-state index is -0.822. The van der Waals surface area contributed by atoms with Gasteiger partial charge in [0.25, 0.3) is 0 Å². The summed E-state index contributed by atoms with van der Waals surface area (Å²) in [5.41, 5.74) is -1.40. The van der Waals surface area contributed by atoms with Crippen LogP contribution in [0.5, 0.6) is 0 Å². The van der Waals surface area contributed by atoms with E-state index in [9.17, 15) is 4.79 Å². The topological polar surface area (TPSA) is 89.7 Å². The number of hydrogen-bond acceptors (Lipinski definition) is 8. The molecule has 1 unspecified atom stereocenters. The van der Waals surface area contributed by atoms with E-state index in [1.54, 1.807) is 11.3 Å². The molecule has 1 atom stereocenters. The number of ether oxygens (including phenoxy) is 2. The van der Waals surface area contributed by atoms with E-state index in [1.165, 1.54) is 4.88 Å². The summed E-state index contributed by atoms with van der Waals surface area (Å²) in [6.07, 6.45) is 1.89. The smallest absolute Gasteiger partial charge is 0.408 e. The average Bonchev–Trinajstić information content (AvgIpc) is 3.34. The Bertz CT molecular complexity index is 807. The summed E-state index contributed by atoms with van der Waals surface area (Å²) in [4.78, 5) is 20.3. The van der Waals surface area contributed by atoms with Crippen LogP contribution < -0.4 is 5.32 Å². The van der Waals surface area contributed by atoms with Crippen LogP contribution in [0.15, 0.2) is 22.0 Å². The number of carbonyl (C=O) groups excluding carboxylic acids is 1. The molecule has 0 saturated carbocycles. The molecule has 0 aromatic carbocycles. The lowest BCUT2D eigenvalue weighted by atomic mass is 10.1. The number of amides is 1. The van der Waals surface area contributed by atoms with E-state index in [2.05, 4.69) is 37.9 Å². The Morgan fingerprint density at radius 3 is 2.77 bits per heavy atom. The van der Waals surface area contributed by atoms with E-state index < -0.39 is 17.2 Å². The maximum absolute atomic E-state index is 12.2. The number of hydrogen-bond donors (Lipinski definition) is 1. The first-order valence-corrected chi connectivity index (χ1v) is 11.2. The first-order valence-electron chi connectivity index (χ1n) is 10.3. The zero-order valence-electron chi connectivity index (χ0n) is 18.4. The Kier molecular flexibility index (Phi) is 7.15. The number of rotatable bonds is 8. The molecule has 1 amide bonds. The van der Waals surface area contributed by atoms with Crippen molar-refractivity contribution in [1.82, 2.24) is 20.4 Å². The van der Waals surface area contributed by atoms with Crippen molar-refractivity contribution >= 4 is 17.4 Å². The fraction of sp³-hybridized carbons (Fsp3) is 0.667. The van der Waals surface area contributed by atoms with E-state index in [-0.39, 0.29) is 6.10 Å². The van der Waals surface area contributed by atoms with Crippen molar-refractivity contribution in [2.75, 3.05) is 13.2 Å². The molecule has 1 fully saturated rings. The molecular formula is C21H32N4O4S. The van der Waals surface area contributed by atoms with Gasteiger partial charge < -0.3 is 19.3 Å². The molecule has 2 aromatic rings. The van der Waals surface area contributed by atoms with Gasteiger partial charge in [-0.3, -0.25) is 4.90 Å². The molecule has 30 heavy (non-hydrogen) atoms.